The number of halogens is 1. The van der Waals surface area contributed by atoms with Crippen LogP contribution in [0.25, 0.3) is 0 Å². The van der Waals surface area contributed by atoms with Gasteiger partial charge in [0.25, 0.3) is 0 Å². The maximum absolute atomic E-state index is 8.56. The largest absolute Gasteiger partial charge is 0.480 e. The summed E-state index contributed by atoms with van der Waals surface area (Å²) < 4.78 is 5.51. The highest BCUT2D eigenvalue weighted by atomic mass is 79.9. The van der Waals surface area contributed by atoms with Gasteiger partial charge >= 0.3 is 0 Å². The Hall–Kier alpha value is -1.08. The monoisotopic (exact) mass is 212 g/mol. The van der Waals surface area contributed by atoms with E-state index in [0.29, 0.717) is 16.0 Å². The fourth-order valence-electron chi connectivity index (χ4n) is 0.659. The summed E-state index contributed by atoms with van der Waals surface area (Å²) in [5.41, 5.74) is 0.440. The number of aromatic nitrogens is 1. The first-order chi connectivity index (χ1) is 5.27. The highest BCUT2D eigenvalue weighted by Gasteiger charge is 2.02. The number of ether oxygens (including phenoxy) is 1. The van der Waals surface area contributed by atoms with Crippen LogP contribution >= 0.6 is 15.9 Å². The number of nitrogens with zero attached hydrogens (tertiary/aromatic N) is 2. The maximum atomic E-state index is 8.56. The fourth-order valence-corrected chi connectivity index (χ4v) is 0.952. The van der Waals surface area contributed by atoms with Crippen LogP contribution < -0.4 is 4.74 Å². The minimum absolute atomic E-state index is 0.349. The standard InChI is InChI=1S/C7H5BrN2O/c1-11-7-5(4-9)2-3-6(8)10-7/h2-3H,1H3. The molecule has 0 aromatic carbocycles. The minimum Gasteiger partial charge on any atom is -0.480 e. The van der Waals surface area contributed by atoms with Crippen molar-refractivity contribution in [3.05, 3.63) is 22.3 Å². The van der Waals surface area contributed by atoms with Crippen molar-refractivity contribution >= 4 is 15.9 Å². The van der Waals surface area contributed by atoms with E-state index in [0.717, 1.165) is 0 Å². The first-order valence-corrected chi connectivity index (χ1v) is 3.68. The highest BCUT2D eigenvalue weighted by Crippen LogP contribution is 2.17. The smallest absolute Gasteiger partial charge is 0.232 e. The van der Waals surface area contributed by atoms with E-state index in [1.54, 1.807) is 12.1 Å². The summed E-state index contributed by atoms with van der Waals surface area (Å²) >= 11 is 3.17. The lowest BCUT2D eigenvalue weighted by atomic mass is 10.3. The van der Waals surface area contributed by atoms with E-state index in [1.165, 1.54) is 7.11 Å². The molecule has 0 unspecified atom stereocenters. The summed E-state index contributed by atoms with van der Waals surface area (Å²) in [6.45, 7) is 0. The summed E-state index contributed by atoms with van der Waals surface area (Å²) in [4.78, 5) is 3.93. The molecule has 0 atom stereocenters. The summed E-state index contributed by atoms with van der Waals surface area (Å²) in [5, 5.41) is 8.56. The third-order valence-corrected chi connectivity index (χ3v) is 1.58. The van der Waals surface area contributed by atoms with Crippen molar-refractivity contribution in [3.63, 3.8) is 0 Å². The Bertz CT molecular complexity index is 306. The van der Waals surface area contributed by atoms with Gasteiger partial charge in [-0.05, 0) is 28.1 Å². The zero-order chi connectivity index (χ0) is 8.27. The molecule has 0 saturated heterocycles. The quantitative estimate of drug-likeness (QED) is 0.667. The van der Waals surface area contributed by atoms with Crippen LogP contribution in [0.1, 0.15) is 5.56 Å². The number of nitriles is 1. The number of hydrogen-bond donors (Lipinski definition) is 0. The van der Waals surface area contributed by atoms with Gasteiger partial charge in [0, 0.05) is 0 Å². The Kier molecular flexibility index (Phi) is 2.44. The van der Waals surface area contributed by atoms with Crippen molar-refractivity contribution in [3.8, 4) is 11.9 Å². The van der Waals surface area contributed by atoms with Crippen molar-refractivity contribution in [1.29, 1.82) is 5.26 Å². The van der Waals surface area contributed by atoms with Gasteiger partial charge in [-0.25, -0.2) is 4.98 Å². The average molecular weight is 213 g/mol. The van der Waals surface area contributed by atoms with Crippen molar-refractivity contribution in [2.45, 2.75) is 0 Å². The van der Waals surface area contributed by atoms with Gasteiger partial charge < -0.3 is 4.74 Å². The second-order valence-electron chi connectivity index (χ2n) is 1.80. The number of methoxy groups -OCH3 is 1. The minimum atomic E-state index is 0.349. The van der Waals surface area contributed by atoms with E-state index >= 15 is 0 Å². The van der Waals surface area contributed by atoms with Gasteiger partial charge in [0.05, 0.1) is 7.11 Å². The van der Waals surface area contributed by atoms with Gasteiger partial charge in [0.2, 0.25) is 5.88 Å². The molecule has 4 heteroatoms. The normalized spacial score (nSPS) is 8.82. The Morgan fingerprint density at radius 2 is 2.36 bits per heavy atom. The van der Waals surface area contributed by atoms with Crippen LogP contribution in [-0.2, 0) is 0 Å². The molecule has 0 aliphatic carbocycles. The van der Waals surface area contributed by atoms with Crippen LogP contribution in [-0.4, -0.2) is 12.1 Å². The highest BCUT2D eigenvalue weighted by molar-refractivity contribution is 9.10. The van der Waals surface area contributed by atoms with Crippen LogP contribution in [0, 0.1) is 11.3 Å². The first-order valence-electron chi connectivity index (χ1n) is 2.88. The molecule has 11 heavy (non-hydrogen) atoms. The molecule has 0 saturated carbocycles. The van der Waals surface area contributed by atoms with Gasteiger partial charge in [-0.15, -0.1) is 0 Å². The van der Waals surface area contributed by atoms with E-state index in [9.17, 15) is 0 Å². The molecule has 0 N–H and O–H groups in total. The van der Waals surface area contributed by atoms with Crippen LogP contribution in [0.15, 0.2) is 16.7 Å². The van der Waals surface area contributed by atoms with Crippen molar-refractivity contribution in [2.24, 2.45) is 0 Å². The zero-order valence-electron chi connectivity index (χ0n) is 5.84. The van der Waals surface area contributed by atoms with Crippen LogP contribution in [0.2, 0.25) is 0 Å². The van der Waals surface area contributed by atoms with E-state index in [1.807, 2.05) is 6.07 Å². The van der Waals surface area contributed by atoms with Gasteiger partial charge in [-0.2, -0.15) is 5.26 Å². The topological polar surface area (TPSA) is 45.9 Å². The molecule has 0 aliphatic heterocycles. The number of pyridine rings is 1. The average Bonchev–Trinajstić information content (AvgIpc) is 2.04. The van der Waals surface area contributed by atoms with Gasteiger partial charge in [-0.3, -0.25) is 0 Å². The molecule has 0 amide bonds. The predicted molar refractivity (Wildman–Crippen MR) is 43.2 cm³/mol. The predicted octanol–water partition coefficient (Wildman–Crippen LogP) is 1.72. The molecule has 3 nitrogen and oxygen atoms in total. The summed E-state index contributed by atoms with van der Waals surface area (Å²) in [5.74, 6) is 0.349. The molecule has 0 bridgehead atoms. The SMILES string of the molecule is COc1nc(Br)ccc1C#N. The van der Waals surface area contributed by atoms with Gasteiger partial charge in [-0.1, -0.05) is 0 Å². The Morgan fingerprint density at radius 3 is 2.91 bits per heavy atom. The molecular weight excluding hydrogens is 208 g/mol. The van der Waals surface area contributed by atoms with Crippen LogP contribution in [0.3, 0.4) is 0 Å². The van der Waals surface area contributed by atoms with Crippen LogP contribution in [0.4, 0.5) is 0 Å². The number of rotatable bonds is 1. The van der Waals surface area contributed by atoms with Crippen molar-refractivity contribution < 1.29 is 4.74 Å². The Balaban J connectivity index is 3.19. The molecule has 0 spiro atoms. The van der Waals surface area contributed by atoms with Crippen molar-refractivity contribution in [2.75, 3.05) is 7.11 Å². The van der Waals surface area contributed by atoms with Gasteiger partial charge in [0.15, 0.2) is 0 Å². The van der Waals surface area contributed by atoms with E-state index in [-0.39, 0.29) is 0 Å². The molecule has 0 radical (unpaired) electrons. The summed E-state index contributed by atoms with van der Waals surface area (Å²) in [6, 6.07) is 5.31. The summed E-state index contributed by atoms with van der Waals surface area (Å²) in [6.07, 6.45) is 0. The summed E-state index contributed by atoms with van der Waals surface area (Å²) in [7, 11) is 1.48. The molecule has 1 heterocycles. The Labute approximate surface area is 72.8 Å². The molecule has 0 aliphatic rings. The molecule has 1 aromatic rings. The second-order valence-corrected chi connectivity index (χ2v) is 2.62. The lowest BCUT2D eigenvalue weighted by molar-refractivity contribution is 0.395. The van der Waals surface area contributed by atoms with E-state index in [4.69, 9.17) is 10.00 Å². The lowest BCUT2D eigenvalue weighted by Crippen LogP contribution is -1.91. The van der Waals surface area contributed by atoms with E-state index in [2.05, 4.69) is 20.9 Å². The molecule has 1 aromatic heterocycles. The third kappa shape index (κ3) is 1.69. The first kappa shape index (κ1) is 8.02. The van der Waals surface area contributed by atoms with E-state index < -0.39 is 0 Å². The third-order valence-electron chi connectivity index (χ3n) is 1.14. The number of hydrogen-bond acceptors (Lipinski definition) is 3. The van der Waals surface area contributed by atoms with Crippen molar-refractivity contribution in [1.82, 2.24) is 4.98 Å². The second kappa shape index (κ2) is 3.35. The zero-order valence-corrected chi connectivity index (χ0v) is 7.42. The maximum Gasteiger partial charge on any atom is 0.232 e. The van der Waals surface area contributed by atoms with Crippen LogP contribution in [0.5, 0.6) is 5.88 Å². The lowest BCUT2D eigenvalue weighted by Gasteiger charge is -1.99. The molecule has 56 valence electrons. The molecule has 0 fully saturated rings. The van der Waals surface area contributed by atoms with Gasteiger partial charge in [0.1, 0.15) is 16.2 Å². The fraction of sp³-hybridized carbons (Fsp3) is 0.143. The molecule has 1 rings (SSSR count). The Morgan fingerprint density at radius 1 is 1.64 bits per heavy atom. The molecular formula is C7H5BrN2O.